The van der Waals surface area contributed by atoms with Crippen LogP contribution in [-0.4, -0.2) is 38.2 Å². The Morgan fingerprint density at radius 2 is 1.94 bits per heavy atom. The second kappa shape index (κ2) is 4.08. The van der Waals surface area contributed by atoms with Gasteiger partial charge in [0.15, 0.2) is 9.84 Å². The first-order valence-electron chi connectivity index (χ1n) is 5.52. The SMILES string of the molecule is CS(=O)(=O)[C@@H]1[C@@H](c2ccccc2)[C@@]1(CN)CO. The Kier molecular flexibility index (Phi) is 3.01. The zero-order valence-electron chi connectivity index (χ0n) is 9.70. The van der Waals surface area contributed by atoms with Gasteiger partial charge in [0, 0.05) is 24.1 Å². The molecule has 0 heterocycles. The van der Waals surface area contributed by atoms with E-state index in [2.05, 4.69) is 0 Å². The highest BCUT2D eigenvalue weighted by molar-refractivity contribution is 7.91. The number of rotatable bonds is 4. The molecule has 0 unspecified atom stereocenters. The molecule has 5 heteroatoms. The number of hydrogen-bond acceptors (Lipinski definition) is 4. The number of sulfone groups is 1. The molecule has 0 saturated heterocycles. The fourth-order valence-electron chi connectivity index (χ4n) is 2.79. The number of aliphatic hydroxyl groups excluding tert-OH is 1. The van der Waals surface area contributed by atoms with Crippen LogP contribution < -0.4 is 5.73 Å². The van der Waals surface area contributed by atoms with E-state index in [0.717, 1.165) is 5.56 Å². The molecule has 4 nitrogen and oxygen atoms in total. The molecule has 94 valence electrons. The Morgan fingerprint density at radius 1 is 1.35 bits per heavy atom. The number of nitrogens with two attached hydrogens (primary N) is 1. The van der Waals surface area contributed by atoms with Crippen molar-refractivity contribution < 1.29 is 13.5 Å². The van der Waals surface area contributed by atoms with E-state index in [1.165, 1.54) is 6.26 Å². The van der Waals surface area contributed by atoms with Crippen molar-refractivity contribution in [3.05, 3.63) is 35.9 Å². The van der Waals surface area contributed by atoms with Crippen molar-refractivity contribution in [1.82, 2.24) is 0 Å². The van der Waals surface area contributed by atoms with E-state index in [-0.39, 0.29) is 19.1 Å². The van der Waals surface area contributed by atoms with Crippen molar-refractivity contribution >= 4 is 9.84 Å². The van der Waals surface area contributed by atoms with E-state index in [4.69, 9.17) is 5.73 Å². The molecule has 3 atom stereocenters. The summed E-state index contributed by atoms with van der Waals surface area (Å²) in [6.07, 6.45) is 1.21. The average molecular weight is 255 g/mol. The van der Waals surface area contributed by atoms with Crippen LogP contribution in [0.25, 0.3) is 0 Å². The lowest BCUT2D eigenvalue weighted by molar-refractivity contribution is 0.212. The molecular formula is C12H17NO3S. The minimum absolute atomic E-state index is 0.181. The van der Waals surface area contributed by atoms with Gasteiger partial charge in [-0.1, -0.05) is 30.3 Å². The molecule has 0 bridgehead atoms. The minimum Gasteiger partial charge on any atom is -0.396 e. The predicted octanol–water partition coefficient (Wildman–Crippen LogP) is 0.134. The lowest BCUT2D eigenvalue weighted by Gasteiger charge is -2.11. The summed E-state index contributed by atoms with van der Waals surface area (Å²) in [6, 6.07) is 9.38. The predicted molar refractivity (Wildman–Crippen MR) is 66.4 cm³/mol. The number of aliphatic hydroxyl groups is 1. The fraction of sp³-hybridized carbons (Fsp3) is 0.500. The summed E-state index contributed by atoms with van der Waals surface area (Å²) in [4.78, 5) is 0. The summed E-state index contributed by atoms with van der Waals surface area (Å²) >= 11 is 0. The second-order valence-electron chi connectivity index (χ2n) is 4.73. The molecule has 1 saturated carbocycles. The summed E-state index contributed by atoms with van der Waals surface area (Å²) in [7, 11) is -3.20. The van der Waals surface area contributed by atoms with E-state index in [0.29, 0.717) is 0 Å². The van der Waals surface area contributed by atoms with Gasteiger partial charge in [-0.2, -0.15) is 0 Å². The van der Waals surface area contributed by atoms with Gasteiger partial charge in [-0.25, -0.2) is 8.42 Å². The smallest absolute Gasteiger partial charge is 0.151 e. The third-order valence-corrected chi connectivity index (χ3v) is 5.34. The maximum atomic E-state index is 11.7. The first-order valence-corrected chi connectivity index (χ1v) is 7.47. The van der Waals surface area contributed by atoms with Crippen LogP contribution >= 0.6 is 0 Å². The molecule has 0 aliphatic heterocycles. The van der Waals surface area contributed by atoms with Gasteiger partial charge in [-0.15, -0.1) is 0 Å². The fourth-order valence-corrected chi connectivity index (χ4v) is 4.80. The van der Waals surface area contributed by atoms with Crippen LogP contribution in [0, 0.1) is 5.41 Å². The summed E-state index contributed by atoms with van der Waals surface area (Å²) in [5, 5.41) is 8.91. The number of hydrogen-bond donors (Lipinski definition) is 2. The van der Waals surface area contributed by atoms with Crippen LogP contribution in [0.15, 0.2) is 30.3 Å². The van der Waals surface area contributed by atoms with Crippen molar-refractivity contribution in [3.63, 3.8) is 0 Å². The van der Waals surface area contributed by atoms with E-state index < -0.39 is 20.5 Å². The summed E-state index contributed by atoms with van der Waals surface area (Å²) in [5.74, 6) is -0.186. The van der Waals surface area contributed by atoms with Crippen LogP contribution in [0.2, 0.25) is 0 Å². The standard InChI is InChI=1S/C12H17NO3S/c1-17(15,16)11-10(12(11,7-13)8-14)9-5-3-2-4-6-9/h2-6,10-11,14H,7-8,13H2,1H3/t10-,11-,12-/m1/s1. The Bertz CT molecular complexity index is 494. The molecule has 1 aromatic carbocycles. The quantitative estimate of drug-likeness (QED) is 0.801. The Morgan fingerprint density at radius 3 is 2.29 bits per heavy atom. The van der Waals surface area contributed by atoms with Crippen molar-refractivity contribution in [2.75, 3.05) is 19.4 Å². The second-order valence-corrected chi connectivity index (χ2v) is 6.90. The van der Waals surface area contributed by atoms with Gasteiger partial charge in [-0.3, -0.25) is 0 Å². The molecule has 0 aromatic heterocycles. The maximum Gasteiger partial charge on any atom is 0.151 e. The minimum atomic E-state index is -3.20. The maximum absolute atomic E-state index is 11.7. The Labute approximate surface area is 101 Å². The Balaban J connectivity index is 2.42. The topological polar surface area (TPSA) is 80.4 Å². The van der Waals surface area contributed by atoms with Gasteiger partial charge >= 0.3 is 0 Å². The van der Waals surface area contributed by atoms with Gasteiger partial charge in [-0.05, 0) is 5.56 Å². The van der Waals surface area contributed by atoms with E-state index in [1.807, 2.05) is 30.3 Å². The molecule has 2 rings (SSSR count). The molecule has 0 spiro atoms. The van der Waals surface area contributed by atoms with Crippen LogP contribution in [0.5, 0.6) is 0 Å². The number of benzene rings is 1. The molecule has 1 aromatic rings. The van der Waals surface area contributed by atoms with Gasteiger partial charge < -0.3 is 10.8 Å². The molecule has 0 amide bonds. The average Bonchev–Trinajstić information content (AvgIpc) is 3.00. The van der Waals surface area contributed by atoms with Crippen LogP contribution in [0.4, 0.5) is 0 Å². The summed E-state index contributed by atoms with van der Waals surface area (Å²) in [5.41, 5.74) is 5.90. The first-order chi connectivity index (χ1) is 7.97. The van der Waals surface area contributed by atoms with Crippen molar-refractivity contribution in [1.29, 1.82) is 0 Å². The normalized spacial score (nSPS) is 32.4. The Hall–Kier alpha value is -0.910. The molecule has 1 fully saturated rings. The largest absolute Gasteiger partial charge is 0.396 e. The molecular weight excluding hydrogens is 238 g/mol. The van der Waals surface area contributed by atoms with Crippen molar-refractivity contribution in [2.24, 2.45) is 11.1 Å². The molecule has 1 aliphatic rings. The van der Waals surface area contributed by atoms with E-state index in [9.17, 15) is 13.5 Å². The van der Waals surface area contributed by atoms with E-state index >= 15 is 0 Å². The van der Waals surface area contributed by atoms with Crippen molar-refractivity contribution in [2.45, 2.75) is 11.2 Å². The molecule has 3 N–H and O–H groups in total. The third kappa shape index (κ3) is 1.88. The highest BCUT2D eigenvalue weighted by Crippen LogP contribution is 2.61. The van der Waals surface area contributed by atoms with Gasteiger partial charge in [0.05, 0.1) is 11.9 Å². The zero-order valence-corrected chi connectivity index (χ0v) is 10.5. The van der Waals surface area contributed by atoms with Crippen molar-refractivity contribution in [3.8, 4) is 0 Å². The molecule has 0 radical (unpaired) electrons. The van der Waals surface area contributed by atoms with E-state index in [1.54, 1.807) is 0 Å². The van der Waals surface area contributed by atoms with Gasteiger partial charge in [0.1, 0.15) is 0 Å². The van der Waals surface area contributed by atoms with Gasteiger partial charge in [0.2, 0.25) is 0 Å². The van der Waals surface area contributed by atoms with Crippen LogP contribution in [0.3, 0.4) is 0 Å². The molecule has 17 heavy (non-hydrogen) atoms. The highest BCUT2D eigenvalue weighted by atomic mass is 32.2. The molecule has 1 aliphatic carbocycles. The third-order valence-electron chi connectivity index (χ3n) is 3.67. The van der Waals surface area contributed by atoms with Crippen LogP contribution in [-0.2, 0) is 9.84 Å². The zero-order chi connectivity index (χ0) is 12.7. The monoisotopic (exact) mass is 255 g/mol. The summed E-state index contributed by atoms with van der Waals surface area (Å²) in [6.45, 7) is -0.0123. The first kappa shape index (κ1) is 12.5. The highest BCUT2D eigenvalue weighted by Gasteiger charge is 2.68. The summed E-state index contributed by atoms with van der Waals surface area (Å²) < 4.78 is 23.5. The van der Waals surface area contributed by atoms with Gasteiger partial charge in [0.25, 0.3) is 0 Å². The van der Waals surface area contributed by atoms with Crippen LogP contribution in [0.1, 0.15) is 11.5 Å². The lowest BCUT2D eigenvalue weighted by atomic mass is 10.0. The lowest BCUT2D eigenvalue weighted by Crippen LogP contribution is -2.27.